The van der Waals surface area contributed by atoms with Gasteiger partial charge in [0.25, 0.3) is 0 Å². The van der Waals surface area contributed by atoms with E-state index in [0.717, 1.165) is 25.1 Å². The molecule has 0 atom stereocenters. The third-order valence-electron chi connectivity index (χ3n) is 2.57. The van der Waals surface area contributed by atoms with E-state index in [0.29, 0.717) is 5.70 Å². The normalized spacial score (nSPS) is 14.4. The predicted octanol–water partition coefficient (Wildman–Crippen LogP) is 2.48. The molecule has 70 valence electrons. The minimum Gasteiger partial charge on any atom is -0.333 e. The van der Waals surface area contributed by atoms with E-state index >= 15 is 0 Å². The zero-order valence-electron chi connectivity index (χ0n) is 8.03. The SMILES string of the molecule is C=C(C#N)N1CCCc2ccccc21. The van der Waals surface area contributed by atoms with Crippen molar-refractivity contribution in [2.24, 2.45) is 0 Å². The molecule has 0 unspecified atom stereocenters. The van der Waals surface area contributed by atoms with Crippen LogP contribution in [0, 0.1) is 11.3 Å². The average Bonchev–Trinajstić information content (AvgIpc) is 2.27. The number of benzene rings is 1. The van der Waals surface area contributed by atoms with Gasteiger partial charge in [-0.25, -0.2) is 0 Å². The maximum Gasteiger partial charge on any atom is 0.117 e. The smallest absolute Gasteiger partial charge is 0.117 e. The molecule has 0 saturated carbocycles. The zero-order chi connectivity index (χ0) is 9.97. The fourth-order valence-corrected chi connectivity index (χ4v) is 1.87. The maximum absolute atomic E-state index is 8.82. The van der Waals surface area contributed by atoms with Crippen LogP contribution in [-0.4, -0.2) is 6.54 Å². The van der Waals surface area contributed by atoms with Crippen LogP contribution in [0.25, 0.3) is 0 Å². The van der Waals surface area contributed by atoms with E-state index < -0.39 is 0 Å². The lowest BCUT2D eigenvalue weighted by atomic mass is 10.0. The van der Waals surface area contributed by atoms with Gasteiger partial charge in [0.05, 0.1) is 0 Å². The molecule has 1 aromatic rings. The predicted molar refractivity (Wildman–Crippen MR) is 56.9 cm³/mol. The van der Waals surface area contributed by atoms with Gasteiger partial charge in [-0.1, -0.05) is 24.8 Å². The van der Waals surface area contributed by atoms with Gasteiger partial charge in [-0.15, -0.1) is 0 Å². The summed E-state index contributed by atoms with van der Waals surface area (Å²) in [5.74, 6) is 0. The summed E-state index contributed by atoms with van der Waals surface area (Å²) in [6.07, 6.45) is 2.20. The monoisotopic (exact) mass is 184 g/mol. The first kappa shape index (κ1) is 8.83. The Labute approximate surface area is 84.1 Å². The number of aryl methyl sites for hydroxylation is 1. The number of hydrogen-bond donors (Lipinski definition) is 0. The van der Waals surface area contributed by atoms with Gasteiger partial charge in [-0.05, 0) is 24.5 Å². The van der Waals surface area contributed by atoms with Gasteiger partial charge in [0.2, 0.25) is 0 Å². The number of fused-ring (bicyclic) bond motifs is 1. The van der Waals surface area contributed by atoms with Gasteiger partial charge >= 0.3 is 0 Å². The van der Waals surface area contributed by atoms with E-state index in [1.54, 1.807) is 0 Å². The summed E-state index contributed by atoms with van der Waals surface area (Å²) in [7, 11) is 0. The van der Waals surface area contributed by atoms with Crippen LogP contribution in [0.3, 0.4) is 0 Å². The molecule has 0 saturated heterocycles. The van der Waals surface area contributed by atoms with Crippen LogP contribution in [-0.2, 0) is 6.42 Å². The Kier molecular flexibility index (Phi) is 2.24. The Bertz CT molecular complexity index is 401. The first-order valence-electron chi connectivity index (χ1n) is 4.77. The third kappa shape index (κ3) is 1.38. The molecule has 2 heteroatoms. The van der Waals surface area contributed by atoms with Gasteiger partial charge in [0.1, 0.15) is 11.8 Å². The number of nitriles is 1. The summed E-state index contributed by atoms with van der Waals surface area (Å²) in [5.41, 5.74) is 3.00. The summed E-state index contributed by atoms with van der Waals surface area (Å²) < 4.78 is 0. The lowest BCUT2D eigenvalue weighted by molar-refractivity contribution is 0.753. The molecule has 0 aromatic heterocycles. The standard InChI is InChI=1S/C12H12N2/c1-10(9-13)14-8-4-6-11-5-2-3-7-12(11)14/h2-3,5,7H,1,4,6,8H2. The molecule has 0 aliphatic carbocycles. The molecule has 0 N–H and O–H groups in total. The van der Waals surface area contributed by atoms with Crippen molar-refractivity contribution >= 4 is 5.69 Å². The molecule has 1 aliphatic rings. The van der Waals surface area contributed by atoms with Crippen molar-refractivity contribution in [3.63, 3.8) is 0 Å². The summed E-state index contributed by atoms with van der Waals surface area (Å²) >= 11 is 0. The van der Waals surface area contributed by atoms with Gasteiger partial charge in [-0.2, -0.15) is 5.26 Å². The lowest BCUT2D eigenvalue weighted by Gasteiger charge is -2.29. The number of nitrogens with zero attached hydrogens (tertiary/aromatic N) is 2. The number of hydrogen-bond acceptors (Lipinski definition) is 2. The first-order valence-corrected chi connectivity index (χ1v) is 4.77. The topological polar surface area (TPSA) is 27.0 Å². The van der Waals surface area contributed by atoms with E-state index in [-0.39, 0.29) is 0 Å². The van der Waals surface area contributed by atoms with Crippen molar-refractivity contribution in [3.05, 3.63) is 42.1 Å². The molecule has 0 radical (unpaired) electrons. The molecule has 2 rings (SSSR count). The van der Waals surface area contributed by atoms with Crippen LogP contribution in [0.2, 0.25) is 0 Å². The molecular weight excluding hydrogens is 172 g/mol. The molecule has 1 aliphatic heterocycles. The number of para-hydroxylation sites is 1. The molecule has 0 amide bonds. The molecule has 2 nitrogen and oxygen atoms in total. The van der Waals surface area contributed by atoms with Crippen LogP contribution in [0.15, 0.2) is 36.5 Å². The Balaban J connectivity index is 2.41. The van der Waals surface area contributed by atoms with Crippen LogP contribution >= 0.6 is 0 Å². The molecule has 1 aromatic carbocycles. The van der Waals surface area contributed by atoms with Gasteiger partial charge < -0.3 is 4.90 Å². The first-order chi connectivity index (χ1) is 6.83. The Morgan fingerprint density at radius 3 is 3.00 bits per heavy atom. The van der Waals surface area contributed by atoms with Crippen LogP contribution in [0.1, 0.15) is 12.0 Å². The number of allylic oxidation sites excluding steroid dienone is 1. The minimum atomic E-state index is 0.539. The highest BCUT2D eigenvalue weighted by atomic mass is 15.1. The van der Waals surface area contributed by atoms with Crippen molar-refractivity contribution in [2.45, 2.75) is 12.8 Å². The van der Waals surface area contributed by atoms with E-state index in [9.17, 15) is 0 Å². The highest BCUT2D eigenvalue weighted by Gasteiger charge is 2.17. The van der Waals surface area contributed by atoms with Gasteiger partial charge in [0, 0.05) is 12.2 Å². The van der Waals surface area contributed by atoms with E-state index in [2.05, 4.69) is 24.8 Å². The number of anilines is 1. The minimum absolute atomic E-state index is 0.539. The molecule has 14 heavy (non-hydrogen) atoms. The number of rotatable bonds is 1. The van der Waals surface area contributed by atoms with E-state index in [1.165, 1.54) is 5.56 Å². The fourth-order valence-electron chi connectivity index (χ4n) is 1.87. The molecule has 1 heterocycles. The second-order valence-corrected chi connectivity index (χ2v) is 3.44. The van der Waals surface area contributed by atoms with Crippen LogP contribution in [0.4, 0.5) is 5.69 Å². The Morgan fingerprint density at radius 1 is 1.43 bits per heavy atom. The second-order valence-electron chi connectivity index (χ2n) is 3.44. The Hall–Kier alpha value is -1.75. The largest absolute Gasteiger partial charge is 0.333 e. The van der Waals surface area contributed by atoms with Crippen molar-refractivity contribution in [2.75, 3.05) is 11.4 Å². The summed E-state index contributed by atoms with van der Waals surface area (Å²) in [6.45, 7) is 4.67. The van der Waals surface area contributed by atoms with Crippen molar-refractivity contribution in [3.8, 4) is 6.07 Å². The third-order valence-corrected chi connectivity index (χ3v) is 2.57. The van der Waals surface area contributed by atoms with Crippen molar-refractivity contribution < 1.29 is 0 Å². The van der Waals surface area contributed by atoms with Crippen molar-refractivity contribution in [1.82, 2.24) is 0 Å². The van der Waals surface area contributed by atoms with Gasteiger partial charge in [-0.3, -0.25) is 0 Å². The van der Waals surface area contributed by atoms with E-state index in [1.807, 2.05) is 17.0 Å². The summed E-state index contributed by atoms with van der Waals surface area (Å²) in [5, 5.41) is 8.82. The highest BCUT2D eigenvalue weighted by Crippen LogP contribution is 2.28. The van der Waals surface area contributed by atoms with Crippen molar-refractivity contribution in [1.29, 1.82) is 5.26 Å². The Morgan fingerprint density at radius 2 is 2.21 bits per heavy atom. The molecule has 0 spiro atoms. The molecule has 0 fully saturated rings. The zero-order valence-corrected chi connectivity index (χ0v) is 8.03. The fraction of sp³-hybridized carbons (Fsp3) is 0.250. The van der Waals surface area contributed by atoms with Gasteiger partial charge in [0.15, 0.2) is 0 Å². The summed E-state index contributed by atoms with van der Waals surface area (Å²) in [4.78, 5) is 2.00. The molecule has 0 bridgehead atoms. The van der Waals surface area contributed by atoms with E-state index in [4.69, 9.17) is 5.26 Å². The highest BCUT2D eigenvalue weighted by molar-refractivity contribution is 5.61. The quantitative estimate of drug-likeness (QED) is 0.627. The average molecular weight is 184 g/mol. The van der Waals surface area contributed by atoms with Crippen LogP contribution < -0.4 is 4.90 Å². The second kappa shape index (κ2) is 3.55. The lowest BCUT2D eigenvalue weighted by Crippen LogP contribution is -2.27. The summed E-state index contributed by atoms with van der Waals surface area (Å²) in [6, 6.07) is 10.3. The van der Waals surface area contributed by atoms with Crippen LogP contribution in [0.5, 0.6) is 0 Å². The maximum atomic E-state index is 8.82. The molecular formula is C12H12N2.